The number of hydrogen-bond donors (Lipinski definition) is 0. The van der Waals surface area contributed by atoms with Gasteiger partial charge in [0, 0.05) is 4.47 Å². The summed E-state index contributed by atoms with van der Waals surface area (Å²) in [6.07, 6.45) is -0.785. The fourth-order valence-electron chi connectivity index (χ4n) is 0.904. The van der Waals surface area contributed by atoms with Crippen LogP contribution in [-0.4, -0.2) is 12.1 Å². The van der Waals surface area contributed by atoms with Crippen LogP contribution < -0.4 is 0 Å². The predicted molar refractivity (Wildman–Crippen MR) is 59.6 cm³/mol. The highest BCUT2D eigenvalue weighted by molar-refractivity contribution is 9.10. The van der Waals surface area contributed by atoms with Gasteiger partial charge in [-0.2, -0.15) is 5.26 Å². The zero-order valence-electron chi connectivity index (χ0n) is 7.83. The summed E-state index contributed by atoms with van der Waals surface area (Å²) in [7, 11) is 0. The standard InChI is InChI=1S/C10H7BrClNO2/c1-6(5-13)15-10(14)8-4-7(11)2-3-9(8)12/h2-4,6H,1H3. The zero-order chi connectivity index (χ0) is 11.4. The van der Waals surface area contributed by atoms with Crippen molar-refractivity contribution < 1.29 is 9.53 Å². The molecule has 3 nitrogen and oxygen atoms in total. The van der Waals surface area contributed by atoms with E-state index in [0.717, 1.165) is 4.47 Å². The maximum Gasteiger partial charge on any atom is 0.340 e. The number of carbonyl (C=O) groups is 1. The number of benzene rings is 1. The molecule has 78 valence electrons. The number of halogens is 2. The highest BCUT2D eigenvalue weighted by Crippen LogP contribution is 2.22. The number of nitrogens with zero attached hydrogens (tertiary/aromatic N) is 1. The van der Waals surface area contributed by atoms with E-state index in [1.54, 1.807) is 24.3 Å². The monoisotopic (exact) mass is 287 g/mol. The number of esters is 1. The quantitative estimate of drug-likeness (QED) is 0.785. The van der Waals surface area contributed by atoms with Gasteiger partial charge in [-0.3, -0.25) is 0 Å². The zero-order valence-corrected chi connectivity index (χ0v) is 10.2. The van der Waals surface area contributed by atoms with E-state index >= 15 is 0 Å². The Balaban J connectivity index is 2.92. The topological polar surface area (TPSA) is 50.1 Å². The van der Waals surface area contributed by atoms with Gasteiger partial charge in [-0.25, -0.2) is 4.79 Å². The molecule has 0 saturated carbocycles. The molecule has 15 heavy (non-hydrogen) atoms. The van der Waals surface area contributed by atoms with E-state index in [-0.39, 0.29) is 5.56 Å². The second kappa shape index (κ2) is 5.15. The molecule has 0 saturated heterocycles. The van der Waals surface area contributed by atoms with Crippen molar-refractivity contribution in [3.05, 3.63) is 33.3 Å². The van der Waals surface area contributed by atoms with Crippen molar-refractivity contribution in [2.45, 2.75) is 13.0 Å². The average Bonchev–Trinajstić information content (AvgIpc) is 2.21. The lowest BCUT2D eigenvalue weighted by Gasteiger charge is -2.07. The van der Waals surface area contributed by atoms with Gasteiger partial charge in [0.2, 0.25) is 0 Å². The Morgan fingerprint density at radius 3 is 2.93 bits per heavy atom. The van der Waals surface area contributed by atoms with Gasteiger partial charge in [0.15, 0.2) is 6.10 Å². The minimum absolute atomic E-state index is 0.244. The Kier molecular flexibility index (Phi) is 4.13. The van der Waals surface area contributed by atoms with Crippen molar-refractivity contribution in [2.24, 2.45) is 0 Å². The van der Waals surface area contributed by atoms with Crippen LogP contribution in [0.1, 0.15) is 17.3 Å². The molecule has 5 heteroatoms. The van der Waals surface area contributed by atoms with Gasteiger partial charge in [0.25, 0.3) is 0 Å². The Morgan fingerprint density at radius 1 is 1.67 bits per heavy atom. The molecule has 0 N–H and O–H groups in total. The van der Waals surface area contributed by atoms with Crippen molar-refractivity contribution in [1.82, 2.24) is 0 Å². The van der Waals surface area contributed by atoms with Crippen molar-refractivity contribution in [1.29, 1.82) is 5.26 Å². The smallest absolute Gasteiger partial charge is 0.340 e. The first-order valence-electron chi connectivity index (χ1n) is 4.10. The normalized spacial score (nSPS) is 11.6. The largest absolute Gasteiger partial charge is 0.444 e. The number of ether oxygens (including phenoxy) is 1. The second-order valence-electron chi connectivity index (χ2n) is 2.80. The number of nitriles is 1. The van der Waals surface area contributed by atoms with Gasteiger partial charge in [-0.05, 0) is 25.1 Å². The summed E-state index contributed by atoms with van der Waals surface area (Å²) >= 11 is 9.03. The molecule has 0 aromatic heterocycles. The summed E-state index contributed by atoms with van der Waals surface area (Å²) in [6.45, 7) is 1.49. The molecule has 0 aliphatic carbocycles. The summed E-state index contributed by atoms with van der Waals surface area (Å²) in [4.78, 5) is 11.5. The molecule has 0 fully saturated rings. The third kappa shape index (κ3) is 3.22. The maximum atomic E-state index is 11.5. The van der Waals surface area contributed by atoms with Crippen LogP contribution in [0.4, 0.5) is 0 Å². The third-order valence-electron chi connectivity index (χ3n) is 1.61. The lowest BCUT2D eigenvalue weighted by atomic mass is 10.2. The maximum absolute atomic E-state index is 11.5. The number of rotatable bonds is 2. The lowest BCUT2D eigenvalue weighted by Crippen LogP contribution is -2.13. The first-order chi connectivity index (χ1) is 7.04. The fourth-order valence-corrected chi connectivity index (χ4v) is 1.46. The molecule has 0 bridgehead atoms. The predicted octanol–water partition coefficient (Wildman–Crippen LogP) is 3.17. The molecule has 1 unspecified atom stereocenters. The fraction of sp³-hybridized carbons (Fsp3) is 0.200. The Bertz CT molecular complexity index is 428. The van der Waals surface area contributed by atoms with E-state index in [0.29, 0.717) is 5.02 Å². The summed E-state index contributed by atoms with van der Waals surface area (Å²) < 4.78 is 5.54. The van der Waals surface area contributed by atoms with Crippen molar-refractivity contribution in [2.75, 3.05) is 0 Å². The van der Waals surface area contributed by atoms with E-state index in [1.165, 1.54) is 6.92 Å². The van der Waals surface area contributed by atoms with Crippen LogP contribution in [-0.2, 0) is 4.74 Å². The summed E-state index contributed by atoms with van der Waals surface area (Å²) in [5.74, 6) is -0.602. The van der Waals surface area contributed by atoms with E-state index < -0.39 is 12.1 Å². The Hall–Kier alpha value is -1.05. The highest BCUT2D eigenvalue weighted by atomic mass is 79.9. The van der Waals surface area contributed by atoms with Gasteiger partial charge in [0.05, 0.1) is 10.6 Å². The Labute approximate surface area is 101 Å². The molecular weight excluding hydrogens is 281 g/mol. The van der Waals surface area contributed by atoms with Gasteiger partial charge < -0.3 is 4.74 Å². The number of carbonyl (C=O) groups excluding carboxylic acids is 1. The Morgan fingerprint density at radius 2 is 2.33 bits per heavy atom. The van der Waals surface area contributed by atoms with Gasteiger partial charge in [-0.1, -0.05) is 27.5 Å². The van der Waals surface area contributed by atoms with Crippen LogP contribution in [0.25, 0.3) is 0 Å². The molecule has 1 rings (SSSR count). The molecule has 0 spiro atoms. The van der Waals surface area contributed by atoms with Crippen LogP contribution in [0.15, 0.2) is 22.7 Å². The van der Waals surface area contributed by atoms with E-state index in [4.69, 9.17) is 21.6 Å². The molecule has 0 heterocycles. The van der Waals surface area contributed by atoms with Crippen LogP contribution in [0.2, 0.25) is 5.02 Å². The second-order valence-corrected chi connectivity index (χ2v) is 4.12. The summed E-state index contributed by atoms with van der Waals surface area (Å²) in [5.41, 5.74) is 0.244. The van der Waals surface area contributed by atoms with Gasteiger partial charge in [-0.15, -0.1) is 0 Å². The lowest BCUT2D eigenvalue weighted by molar-refractivity contribution is 0.0435. The highest BCUT2D eigenvalue weighted by Gasteiger charge is 2.14. The molecule has 0 amide bonds. The van der Waals surface area contributed by atoms with Crippen LogP contribution in [0.5, 0.6) is 0 Å². The first kappa shape index (κ1) is 12.0. The van der Waals surface area contributed by atoms with Gasteiger partial charge in [0.1, 0.15) is 6.07 Å². The van der Waals surface area contributed by atoms with Gasteiger partial charge >= 0.3 is 5.97 Å². The average molecular weight is 289 g/mol. The molecule has 1 aromatic rings. The minimum atomic E-state index is -0.785. The van der Waals surface area contributed by atoms with Crippen molar-refractivity contribution in [3.63, 3.8) is 0 Å². The molecule has 1 aromatic carbocycles. The van der Waals surface area contributed by atoms with Crippen LogP contribution >= 0.6 is 27.5 Å². The minimum Gasteiger partial charge on any atom is -0.444 e. The third-order valence-corrected chi connectivity index (χ3v) is 2.44. The molecule has 0 aliphatic heterocycles. The molecular formula is C10H7BrClNO2. The summed E-state index contributed by atoms with van der Waals surface area (Å²) in [6, 6.07) is 6.65. The van der Waals surface area contributed by atoms with Crippen LogP contribution in [0, 0.1) is 11.3 Å². The van der Waals surface area contributed by atoms with E-state index in [1.807, 2.05) is 0 Å². The first-order valence-corrected chi connectivity index (χ1v) is 5.27. The van der Waals surface area contributed by atoms with E-state index in [9.17, 15) is 4.79 Å². The van der Waals surface area contributed by atoms with Crippen LogP contribution in [0.3, 0.4) is 0 Å². The summed E-state index contributed by atoms with van der Waals surface area (Å²) in [5, 5.41) is 8.78. The van der Waals surface area contributed by atoms with Crippen molar-refractivity contribution >= 4 is 33.5 Å². The molecule has 0 radical (unpaired) electrons. The number of hydrogen-bond acceptors (Lipinski definition) is 3. The van der Waals surface area contributed by atoms with E-state index in [2.05, 4.69) is 15.9 Å². The van der Waals surface area contributed by atoms with Crippen molar-refractivity contribution in [3.8, 4) is 6.07 Å². The molecule has 1 atom stereocenters. The SMILES string of the molecule is CC(C#N)OC(=O)c1cc(Br)ccc1Cl. The molecule has 0 aliphatic rings.